The van der Waals surface area contributed by atoms with Crippen molar-refractivity contribution in [2.75, 3.05) is 13.6 Å². The Morgan fingerprint density at radius 1 is 1.24 bits per heavy atom. The molecule has 0 heterocycles. The molecule has 0 spiro atoms. The molecule has 8 heteroatoms. The highest BCUT2D eigenvalue weighted by Gasteiger charge is 2.35. The SMILES string of the molecule is CC.CNC(=O)C(CN)NC(=O)C(CC(=O)O)C(C)(C)S. The summed E-state index contributed by atoms with van der Waals surface area (Å²) in [6, 6.07) is -0.885. The first-order chi connectivity index (χ1) is 9.63. The van der Waals surface area contributed by atoms with E-state index in [-0.39, 0.29) is 13.0 Å². The van der Waals surface area contributed by atoms with E-state index < -0.39 is 34.5 Å². The lowest BCUT2D eigenvalue weighted by molar-refractivity contribution is -0.142. The molecule has 0 aromatic rings. The van der Waals surface area contributed by atoms with Gasteiger partial charge in [-0.25, -0.2) is 0 Å². The maximum Gasteiger partial charge on any atom is 0.304 e. The third-order valence-electron chi connectivity index (χ3n) is 2.66. The van der Waals surface area contributed by atoms with Crippen molar-refractivity contribution in [1.82, 2.24) is 10.6 Å². The van der Waals surface area contributed by atoms with Crippen LogP contribution in [0.1, 0.15) is 34.1 Å². The molecule has 0 saturated carbocycles. The first-order valence-corrected chi connectivity index (χ1v) is 7.24. The van der Waals surface area contributed by atoms with Crippen LogP contribution in [0, 0.1) is 5.92 Å². The van der Waals surface area contributed by atoms with Gasteiger partial charge >= 0.3 is 5.97 Å². The zero-order chi connectivity index (χ0) is 17.2. The van der Waals surface area contributed by atoms with Gasteiger partial charge < -0.3 is 21.5 Å². The lowest BCUT2D eigenvalue weighted by atomic mass is 9.90. The van der Waals surface area contributed by atoms with Crippen LogP contribution in [-0.4, -0.2) is 47.3 Å². The molecular weight excluding hydrogens is 294 g/mol. The van der Waals surface area contributed by atoms with Crippen molar-refractivity contribution in [3.05, 3.63) is 0 Å². The molecule has 124 valence electrons. The van der Waals surface area contributed by atoms with Gasteiger partial charge in [0.2, 0.25) is 11.8 Å². The molecule has 0 aliphatic rings. The molecule has 0 saturated heterocycles. The van der Waals surface area contributed by atoms with Crippen LogP contribution in [0.3, 0.4) is 0 Å². The number of carbonyl (C=O) groups excluding carboxylic acids is 2. The number of aliphatic carboxylic acids is 1. The summed E-state index contributed by atoms with van der Waals surface area (Å²) in [7, 11) is 1.43. The Bertz CT molecular complexity index is 356. The Kier molecular flexibility index (Phi) is 10.9. The molecule has 5 N–H and O–H groups in total. The number of nitrogens with one attached hydrogen (secondary N) is 2. The van der Waals surface area contributed by atoms with Crippen LogP contribution in [0.5, 0.6) is 0 Å². The predicted molar refractivity (Wildman–Crippen MR) is 85.2 cm³/mol. The summed E-state index contributed by atoms with van der Waals surface area (Å²) >= 11 is 4.23. The zero-order valence-electron chi connectivity index (χ0n) is 13.3. The van der Waals surface area contributed by atoms with E-state index in [0.29, 0.717) is 0 Å². The second kappa shape index (κ2) is 10.4. The van der Waals surface area contributed by atoms with Crippen molar-refractivity contribution < 1.29 is 19.5 Å². The monoisotopic (exact) mass is 321 g/mol. The molecule has 0 fully saturated rings. The van der Waals surface area contributed by atoms with Gasteiger partial charge in [-0.15, -0.1) is 0 Å². The lowest BCUT2D eigenvalue weighted by Crippen LogP contribution is -2.53. The number of rotatable bonds is 7. The molecule has 7 nitrogen and oxygen atoms in total. The van der Waals surface area contributed by atoms with E-state index in [1.165, 1.54) is 7.05 Å². The number of thiol groups is 1. The summed E-state index contributed by atoms with van der Waals surface area (Å²) in [4.78, 5) is 34.3. The van der Waals surface area contributed by atoms with Crippen LogP contribution in [-0.2, 0) is 14.4 Å². The number of hydrogen-bond acceptors (Lipinski definition) is 5. The van der Waals surface area contributed by atoms with Crippen LogP contribution in [0.15, 0.2) is 0 Å². The average molecular weight is 321 g/mol. The minimum Gasteiger partial charge on any atom is -0.481 e. The van der Waals surface area contributed by atoms with Crippen molar-refractivity contribution in [3.8, 4) is 0 Å². The van der Waals surface area contributed by atoms with Crippen LogP contribution >= 0.6 is 12.6 Å². The van der Waals surface area contributed by atoms with E-state index in [1.807, 2.05) is 13.8 Å². The molecule has 0 radical (unpaired) electrons. The van der Waals surface area contributed by atoms with Crippen molar-refractivity contribution >= 4 is 30.4 Å². The largest absolute Gasteiger partial charge is 0.481 e. The molecule has 0 aromatic carbocycles. The van der Waals surface area contributed by atoms with Crippen LogP contribution in [0.2, 0.25) is 0 Å². The summed E-state index contributed by atoms with van der Waals surface area (Å²) in [5.74, 6) is -2.96. The second-order valence-electron chi connectivity index (χ2n) is 4.72. The first-order valence-electron chi connectivity index (χ1n) is 6.79. The highest BCUT2D eigenvalue weighted by molar-refractivity contribution is 7.81. The highest BCUT2D eigenvalue weighted by atomic mass is 32.1. The first kappa shape index (κ1) is 22.0. The molecule has 0 aliphatic carbocycles. The molecule has 21 heavy (non-hydrogen) atoms. The second-order valence-corrected chi connectivity index (χ2v) is 5.87. The van der Waals surface area contributed by atoms with Crippen molar-refractivity contribution in [2.45, 2.75) is 44.9 Å². The predicted octanol–water partition coefficient (Wildman–Crippen LogP) is 0.00140. The van der Waals surface area contributed by atoms with E-state index in [0.717, 1.165) is 0 Å². The number of carboxylic acid groups (broad SMARTS) is 1. The van der Waals surface area contributed by atoms with E-state index in [4.69, 9.17) is 10.8 Å². The number of carboxylic acids is 1. The van der Waals surface area contributed by atoms with Gasteiger partial charge in [0.25, 0.3) is 0 Å². The fraction of sp³-hybridized carbons (Fsp3) is 0.769. The summed E-state index contributed by atoms with van der Waals surface area (Å²) in [5, 5.41) is 13.6. The minimum absolute atomic E-state index is 0.0712. The van der Waals surface area contributed by atoms with E-state index in [1.54, 1.807) is 13.8 Å². The summed E-state index contributed by atoms with van der Waals surface area (Å²) in [5.41, 5.74) is 5.40. The molecule has 2 amide bonds. The fourth-order valence-corrected chi connectivity index (χ4v) is 1.72. The zero-order valence-corrected chi connectivity index (χ0v) is 14.2. The normalized spacial score (nSPS) is 13.3. The third-order valence-corrected chi connectivity index (χ3v) is 2.97. The van der Waals surface area contributed by atoms with E-state index in [9.17, 15) is 14.4 Å². The Balaban J connectivity index is 0. The van der Waals surface area contributed by atoms with Crippen LogP contribution in [0.25, 0.3) is 0 Å². The molecular formula is C13H27N3O4S. The van der Waals surface area contributed by atoms with Crippen LogP contribution in [0.4, 0.5) is 0 Å². The summed E-state index contributed by atoms with van der Waals surface area (Å²) in [6.07, 6.45) is -0.368. The number of likely N-dealkylation sites (N-methyl/N-ethyl adjacent to an activating group) is 1. The van der Waals surface area contributed by atoms with Gasteiger partial charge in [-0.05, 0) is 0 Å². The quantitative estimate of drug-likeness (QED) is 0.423. The van der Waals surface area contributed by atoms with Crippen molar-refractivity contribution in [1.29, 1.82) is 0 Å². The molecule has 0 aromatic heterocycles. The number of amides is 2. The van der Waals surface area contributed by atoms with Gasteiger partial charge in [0.15, 0.2) is 0 Å². The fourth-order valence-electron chi connectivity index (χ4n) is 1.52. The van der Waals surface area contributed by atoms with Crippen LogP contribution < -0.4 is 16.4 Å². The Morgan fingerprint density at radius 3 is 2.00 bits per heavy atom. The molecule has 0 aliphatic heterocycles. The maximum absolute atomic E-state index is 12.1. The van der Waals surface area contributed by atoms with Crippen molar-refractivity contribution in [2.24, 2.45) is 11.7 Å². The third kappa shape index (κ3) is 8.56. The lowest BCUT2D eigenvalue weighted by Gasteiger charge is -2.29. The Labute approximate surface area is 131 Å². The van der Waals surface area contributed by atoms with Gasteiger partial charge in [-0.1, -0.05) is 27.7 Å². The number of nitrogens with two attached hydrogens (primary N) is 1. The Hall–Kier alpha value is -1.28. The standard InChI is InChI=1S/C11H21N3O4S.C2H6/c1-11(2,19)6(4-8(15)16)9(17)14-7(5-12)10(18)13-3;1-2/h6-7,19H,4-5,12H2,1-3H3,(H,13,18)(H,14,17)(H,15,16);1-2H3. The van der Waals surface area contributed by atoms with Gasteiger partial charge in [-0.2, -0.15) is 12.6 Å². The average Bonchev–Trinajstić information content (AvgIpc) is 2.41. The summed E-state index contributed by atoms with van der Waals surface area (Å²) in [6.45, 7) is 7.21. The van der Waals surface area contributed by atoms with Gasteiger partial charge in [0, 0.05) is 18.3 Å². The Morgan fingerprint density at radius 2 is 1.71 bits per heavy atom. The molecule has 2 unspecified atom stereocenters. The summed E-state index contributed by atoms with van der Waals surface area (Å²) < 4.78 is -0.829. The number of hydrogen-bond donors (Lipinski definition) is 5. The highest BCUT2D eigenvalue weighted by Crippen LogP contribution is 2.27. The topological polar surface area (TPSA) is 122 Å². The van der Waals surface area contributed by atoms with Gasteiger partial charge in [0.05, 0.1) is 12.3 Å². The molecule has 0 bridgehead atoms. The van der Waals surface area contributed by atoms with E-state index >= 15 is 0 Å². The van der Waals surface area contributed by atoms with Gasteiger partial charge in [0.1, 0.15) is 6.04 Å². The maximum atomic E-state index is 12.1. The minimum atomic E-state index is -1.11. The molecule has 2 atom stereocenters. The smallest absolute Gasteiger partial charge is 0.304 e. The molecule has 0 rings (SSSR count). The van der Waals surface area contributed by atoms with E-state index in [2.05, 4.69) is 23.3 Å². The van der Waals surface area contributed by atoms with Crippen molar-refractivity contribution in [3.63, 3.8) is 0 Å². The number of carbonyl (C=O) groups is 3. The van der Waals surface area contributed by atoms with Gasteiger partial charge in [-0.3, -0.25) is 14.4 Å².